The summed E-state index contributed by atoms with van der Waals surface area (Å²) < 4.78 is 0. The lowest BCUT2D eigenvalue weighted by Gasteiger charge is -2.24. The quantitative estimate of drug-likeness (QED) is 0.880. The summed E-state index contributed by atoms with van der Waals surface area (Å²) in [5.74, 6) is -0.160. The van der Waals surface area contributed by atoms with Gasteiger partial charge >= 0.3 is 5.97 Å². The molecule has 18 heavy (non-hydrogen) atoms. The number of carbonyl (C=O) groups is 1. The molecule has 1 saturated heterocycles. The molecule has 1 aliphatic rings. The molecule has 0 amide bonds. The highest BCUT2D eigenvalue weighted by Gasteiger charge is 2.36. The smallest absolute Gasteiger partial charge is 0.308 e. The van der Waals surface area contributed by atoms with E-state index in [1.807, 2.05) is 13.0 Å². The van der Waals surface area contributed by atoms with Crippen LogP contribution in [0.4, 0.5) is 5.82 Å². The minimum Gasteiger partial charge on any atom is -0.481 e. The van der Waals surface area contributed by atoms with Crippen LogP contribution in [0, 0.1) is 5.92 Å². The van der Waals surface area contributed by atoms with E-state index in [0.29, 0.717) is 6.42 Å². The first-order chi connectivity index (χ1) is 8.63. The van der Waals surface area contributed by atoms with Gasteiger partial charge in [-0.05, 0) is 19.8 Å². The van der Waals surface area contributed by atoms with Crippen molar-refractivity contribution in [3.05, 3.63) is 18.1 Å². The fourth-order valence-corrected chi connectivity index (χ4v) is 2.53. The summed E-state index contributed by atoms with van der Waals surface area (Å²) in [7, 11) is 0. The number of aryl methyl sites for hydroxylation is 1. The van der Waals surface area contributed by atoms with Crippen LogP contribution in [0.15, 0.2) is 12.4 Å². The predicted octanol–water partition coefficient (Wildman–Crippen LogP) is 1.73. The van der Waals surface area contributed by atoms with Crippen LogP contribution in [-0.4, -0.2) is 33.6 Å². The van der Waals surface area contributed by atoms with Crippen molar-refractivity contribution in [3.8, 4) is 0 Å². The van der Waals surface area contributed by atoms with Gasteiger partial charge in [0.1, 0.15) is 12.1 Å². The third kappa shape index (κ3) is 2.44. The third-order valence-corrected chi connectivity index (χ3v) is 3.58. The van der Waals surface area contributed by atoms with Gasteiger partial charge < -0.3 is 10.0 Å². The third-order valence-electron chi connectivity index (χ3n) is 3.58. The lowest BCUT2D eigenvalue weighted by molar-refractivity contribution is -0.141. The molecular weight excluding hydrogens is 230 g/mol. The van der Waals surface area contributed by atoms with Gasteiger partial charge in [-0.25, -0.2) is 9.97 Å². The average molecular weight is 249 g/mol. The van der Waals surface area contributed by atoms with Crippen molar-refractivity contribution >= 4 is 11.8 Å². The maximum absolute atomic E-state index is 11.1. The van der Waals surface area contributed by atoms with E-state index in [0.717, 1.165) is 30.9 Å². The van der Waals surface area contributed by atoms with Crippen LogP contribution in [-0.2, 0) is 11.2 Å². The molecule has 2 atom stereocenters. The van der Waals surface area contributed by atoms with E-state index in [-0.39, 0.29) is 12.0 Å². The Balaban J connectivity index is 2.17. The number of nitrogens with zero attached hydrogens (tertiary/aromatic N) is 3. The summed E-state index contributed by atoms with van der Waals surface area (Å²) in [4.78, 5) is 21.7. The van der Waals surface area contributed by atoms with E-state index in [1.54, 1.807) is 6.33 Å². The van der Waals surface area contributed by atoms with E-state index >= 15 is 0 Å². The Labute approximate surface area is 107 Å². The Bertz CT molecular complexity index is 436. The van der Waals surface area contributed by atoms with Crippen molar-refractivity contribution in [1.29, 1.82) is 0 Å². The van der Waals surface area contributed by atoms with Crippen molar-refractivity contribution in [2.45, 2.75) is 39.2 Å². The Kier molecular flexibility index (Phi) is 3.79. The van der Waals surface area contributed by atoms with Crippen LogP contribution in [0.2, 0.25) is 0 Å². The van der Waals surface area contributed by atoms with Crippen LogP contribution in [0.1, 0.15) is 32.4 Å². The van der Waals surface area contributed by atoms with E-state index in [1.165, 1.54) is 0 Å². The highest BCUT2D eigenvalue weighted by molar-refractivity contribution is 5.72. The van der Waals surface area contributed by atoms with Gasteiger partial charge in [0.25, 0.3) is 0 Å². The van der Waals surface area contributed by atoms with Gasteiger partial charge in [-0.15, -0.1) is 0 Å². The minimum atomic E-state index is -0.715. The lowest BCUT2D eigenvalue weighted by atomic mass is 10.0. The van der Waals surface area contributed by atoms with E-state index in [4.69, 9.17) is 5.11 Å². The van der Waals surface area contributed by atoms with Crippen LogP contribution >= 0.6 is 0 Å². The van der Waals surface area contributed by atoms with Crippen LogP contribution in [0.3, 0.4) is 0 Å². The number of hydrogen-bond acceptors (Lipinski definition) is 4. The molecule has 5 heteroatoms. The zero-order valence-corrected chi connectivity index (χ0v) is 10.8. The molecule has 2 rings (SSSR count). The number of hydrogen-bond donors (Lipinski definition) is 1. The van der Waals surface area contributed by atoms with Gasteiger partial charge in [0, 0.05) is 24.3 Å². The molecule has 1 fully saturated rings. The highest BCUT2D eigenvalue weighted by atomic mass is 16.4. The molecule has 0 radical (unpaired) electrons. The summed E-state index contributed by atoms with van der Waals surface area (Å²) in [6.07, 6.45) is 4.23. The van der Waals surface area contributed by atoms with E-state index in [2.05, 4.69) is 21.8 Å². The maximum atomic E-state index is 11.1. The molecular formula is C13H19N3O2. The lowest BCUT2D eigenvalue weighted by Crippen LogP contribution is -2.33. The highest BCUT2D eigenvalue weighted by Crippen LogP contribution is 2.28. The molecule has 0 aromatic carbocycles. The van der Waals surface area contributed by atoms with Crippen molar-refractivity contribution in [3.63, 3.8) is 0 Å². The van der Waals surface area contributed by atoms with Gasteiger partial charge in [-0.2, -0.15) is 0 Å². The standard InChI is InChI=1S/C13H19N3O2/c1-3-4-10-7-12(15-8-14-10)16-6-5-11(9(16)2)13(17)18/h7-9,11H,3-6H2,1-2H3,(H,17,18). The second kappa shape index (κ2) is 5.33. The Hall–Kier alpha value is -1.65. The van der Waals surface area contributed by atoms with E-state index < -0.39 is 5.97 Å². The summed E-state index contributed by atoms with van der Waals surface area (Å²) in [5.41, 5.74) is 1.02. The number of aliphatic carboxylic acids is 1. The number of carboxylic acids is 1. The number of anilines is 1. The summed E-state index contributed by atoms with van der Waals surface area (Å²) in [5, 5.41) is 9.13. The molecule has 0 aliphatic carbocycles. The molecule has 0 spiro atoms. The van der Waals surface area contributed by atoms with Gasteiger partial charge in [-0.1, -0.05) is 13.3 Å². The first-order valence-electron chi connectivity index (χ1n) is 6.43. The molecule has 2 heterocycles. The van der Waals surface area contributed by atoms with Crippen LogP contribution in [0.5, 0.6) is 0 Å². The minimum absolute atomic E-state index is 0.00752. The average Bonchev–Trinajstić information content (AvgIpc) is 2.72. The molecule has 1 N–H and O–H groups in total. The normalized spacial score (nSPS) is 23.3. The second-order valence-corrected chi connectivity index (χ2v) is 4.78. The zero-order valence-electron chi connectivity index (χ0n) is 10.8. The first-order valence-corrected chi connectivity index (χ1v) is 6.43. The molecule has 2 unspecified atom stereocenters. The summed E-state index contributed by atoms with van der Waals surface area (Å²) in [6, 6.07) is 1.97. The van der Waals surface area contributed by atoms with Gasteiger partial charge in [0.05, 0.1) is 5.92 Å². The molecule has 0 saturated carbocycles. The van der Waals surface area contributed by atoms with Gasteiger partial charge in [0.2, 0.25) is 0 Å². The first kappa shape index (κ1) is 12.8. The van der Waals surface area contributed by atoms with Crippen molar-refractivity contribution in [2.75, 3.05) is 11.4 Å². The predicted molar refractivity (Wildman–Crippen MR) is 68.6 cm³/mol. The number of carboxylic acid groups (broad SMARTS) is 1. The van der Waals surface area contributed by atoms with Gasteiger partial charge in [-0.3, -0.25) is 4.79 Å². The largest absolute Gasteiger partial charge is 0.481 e. The molecule has 0 bridgehead atoms. The Morgan fingerprint density at radius 2 is 2.33 bits per heavy atom. The second-order valence-electron chi connectivity index (χ2n) is 4.78. The SMILES string of the molecule is CCCc1cc(N2CCC(C(=O)O)C2C)ncn1. The number of aromatic nitrogens is 2. The fraction of sp³-hybridized carbons (Fsp3) is 0.615. The monoisotopic (exact) mass is 249 g/mol. The molecule has 1 aromatic rings. The van der Waals surface area contributed by atoms with Gasteiger partial charge in [0.15, 0.2) is 0 Å². The van der Waals surface area contributed by atoms with Crippen LogP contribution < -0.4 is 4.90 Å². The Morgan fingerprint density at radius 1 is 1.56 bits per heavy atom. The molecule has 1 aromatic heterocycles. The van der Waals surface area contributed by atoms with Crippen molar-refractivity contribution in [1.82, 2.24) is 9.97 Å². The molecule has 5 nitrogen and oxygen atoms in total. The molecule has 1 aliphatic heterocycles. The van der Waals surface area contributed by atoms with Crippen LogP contribution in [0.25, 0.3) is 0 Å². The Morgan fingerprint density at radius 3 is 2.94 bits per heavy atom. The summed E-state index contributed by atoms with van der Waals surface area (Å²) in [6.45, 7) is 4.81. The topological polar surface area (TPSA) is 66.3 Å². The van der Waals surface area contributed by atoms with E-state index in [9.17, 15) is 4.79 Å². The van der Waals surface area contributed by atoms with Crippen molar-refractivity contribution < 1.29 is 9.90 Å². The maximum Gasteiger partial charge on any atom is 0.308 e. The zero-order chi connectivity index (χ0) is 13.1. The van der Waals surface area contributed by atoms with Crippen molar-refractivity contribution in [2.24, 2.45) is 5.92 Å². The number of rotatable bonds is 4. The summed E-state index contributed by atoms with van der Waals surface area (Å²) >= 11 is 0. The molecule has 98 valence electrons. The fourth-order valence-electron chi connectivity index (χ4n) is 2.53.